The van der Waals surface area contributed by atoms with Crippen LogP contribution in [-0.2, 0) is 11.2 Å². The summed E-state index contributed by atoms with van der Waals surface area (Å²) in [6, 6.07) is 9.76. The minimum Gasteiger partial charge on any atom is -0.492 e. The maximum absolute atomic E-state index is 13.8. The van der Waals surface area contributed by atoms with Gasteiger partial charge in [-0.25, -0.2) is 4.39 Å². The first-order chi connectivity index (χ1) is 10.5. The lowest BCUT2D eigenvalue weighted by molar-refractivity contribution is -0.121. The maximum atomic E-state index is 13.8. The van der Waals surface area contributed by atoms with E-state index in [0.29, 0.717) is 11.4 Å². The number of ether oxygens (including phenoxy) is 1. The molecular formula is C16H12Cl2FNO2. The highest BCUT2D eigenvalue weighted by Crippen LogP contribution is 2.30. The molecule has 0 saturated heterocycles. The van der Waals surface area contributed by atoms with E-state index in [4.69, 9.17) is 27.9 Å². The summed E-state index contributed by atoms with van der Waals surface area (Å²) >= 11 is 11.7. The predicted octanol–water partition coefficient (Wildman–Crippen LogP) is 4.32. The Balaban J connectivity index is 1.75. The number of benzene rings is 2. The molecule has 0 aliphatic carbocycles. The molecule has 0 fully saturated rings. The molecule has 2 aromatic carbocycles. The first kappa shape index (κ1) is 15.1. The first-order valence-corrected chi connectivity index (χ1v) is 7.46. The summed E-state index contributed by atoms with van der Waals surface area (Å²) in [5.74, 6) is -0.642. The van der Waals surface area contributed by atoms with Crippen molar-refractivity contribution in [3.63, 3.8) is 0 Å². The molecule has 2 aromatic rings. The van der Waals surface area contributed by atoms with Crippen molar-refractivity contribution in [2.75, 3.05) is 11.9 Å². The normalized spacial score (nSPS) is 16.6. The van der Waals surface area contributed by atoms with Gasteiger partial charge in [0.1, 0.15) is 12.4 Å². The maximum Gasteiger partial charge on any atom is 0.231 e. The van der Waals surface area contributed by atoms with Crippen LogP contribution in [0.5, 0.6) is 5.75 Å². The van der Waals surface area contributed by atoms with Crippen LogP contribution in [0.2, 0.25) is 10.0 Å². The summed E-state index contributed by atoms with van der Waals surface area (Å²) in [7, 11) is 0. The summed E-state index contributed by atoms with van der Waals surface area (Å²) in [5.41, 5.74) is 0.930. The van der Waals surface area contributed by atoms with Gasteiger partial charge in [-0.15, -0.1) is 0 Å². The predicted molar refractivity (Wildman–Crippen MR) is 84.2 cm³/mol. The minimum atomic E-state index is -0.641. The van der Waals surface area contributed by atoms with E-state index in [1.165, 1.54) is 12.1 Å². The fraction of sp³-hybridized carbons (Fsp3) is 0.188. The zero-order chi connectivity index (χ0) is 15.7. The van der Waals surface area contributed by atoms with E-state index in [1.54, 1.807) is 24.3 Å². The Kier molecular flexibility index (Phi) is 4.23. The Morgan fingerprint density at radius 1 is 1.27 bits per heavy atom. The average Bonchev–Trinajstić information content (AvgIpc) is 2.51. The van der Waals surface area contributed by atoms with Gasteiger partial charge in [-0.05, 0) is 42.3 Å². The molecule has 1 amide bonds. The molecule has 0 radical (unpaired) electrons. The van der Waals surface area contributed by atoms with Crippen LogP contribution in [0.1, 0.15) is 5.56 Å². The molecule has 0 aromatic heterocycles. The molecule has 1 N–H and O–H groups in total. The molecule has 114 valence electrons. The molecule has 3 nitrogen and oxygen atoms in total. The molecule has 0 saturated carbocycles. The van der Waals surface area contributed by atoms with Crippen LogP contribution in [0.3, 0.4) is 0 Å². The van der Waals surface area contributed by atoms with E-state index in [0.717, 1.165) is 11.3 Å². The molecule has 22 heavy (non-hydrogen) atoms. The van der Waals surface area contributed by atoms with E-state index in [2.05, 4.69) is 5.32 Å². The van der Waals surface area contributed by atoms with Crippen LogP contribution in [0.25, 0.3) is 0 Å². The van der Waals surface area contributed by atoms with Crippen molar-refractivity contribution in [2.24, 2.45) is 5.92 Å². The van der Waals surface area contributed by atoms with Crippen molar-refractivity contribution in [1.29, 1.82) is 0 Å². The van der Waals surface area contributed by atoms with Crippen LogP contribution in [-0.4, -0.2) is 12.5 Å². The Morgan fingerprint density at radius 3 is 2.91 bits per heavy atom. The van der Waals surface area contributed by atoms with E-state index < -0.39 is 11.7 Å². The number of carbonyl (C=O) groups is 1. The summed E-state index contributed by atoms with van der Waals surface area (Å²) in [6.07, 6.45) is 0.490. The number of anilines is 1. The van der Waals surface area contributed by atoms with Gasteiger partial charge >= 0.3 is 0 Å². The second-order valence-electron chi connectivity index (χ2n) is 5.05. The van der Waals surface area contributed by atoms with Gasteiger partial charge in [0, 0.05) is 5.02 Å². The Labute approximate surface area is 137 Å². The molecule has 0 bridgehead atoms. The van der Waals surface area contributed by atoms with E-state index in [-0.39, 0.29) is 23.2 Å². The summed E-state index contributed by atoms with van der Waals surface area (Å²) in [4.78, 5) is 12.3. The zero-order valence-corrected chi connectivity index (χ0v) is 12.9. The lowest BCUT2D eigenvalue weighted by atomic mass is 9.96. The van der Waals surface area contributed by atoms with Crippen LogP contribution < -0.4 is 10.1 Å². The third-order valence-electron chi connectivity index (χ3n) is 3.51. The first-order valence-electron chi connectivity index (χ1n) is 6.70. The summed E-state index contributed by atoms with van der Waals surface area (Å²) in [5, 5.41) is 3.11. The van der Waals surface area contributed by atoms with Crippen molar-refractivity contribution < 1.29 is 13.9 Å². The second kappa shape index (κ2) is 6.15. The number of hydrogen-bond acceptors (Lipinski definition) is 2. The van der Waals surface area contributed by atoms with Gasteiger partial charge in [-0.1, -0.05) is 29.3 Å². The smallest absolute Gasteiger partial charge is 0.231 e. The fourth-order valence-electron chi connectivity index (χ4n) is 2.37. The molecule has 0 spiro atoms. The molecule has 1 aliphatic heterocycles. The number of halogens is 3. The van der Waals surface area contributed by atoms with Crippen molar-refractivity contribution in [3.8, 4) is 5.75 Å². The van der Waals surface area contributed by atoms with Gasteiger partial charge in [0.25, 0.3) is 0 Å². The summed E-state index contributed by atoms with van der Waals surface area (Å²) < 4.78 is 19.4. The number of fused-ring (bicyclic) bond motifs is 1. The summed E-state index contributed by atoms with van der Waals surface area (Å²) in [6.45, 7) is 0.239. The number of carbonyl (C=O) groups excluding carboxylic acids is 1. The number of rotatable bonds is 2. The quantitative estimate of drug-likeness (QED) is 0.884. The molecule has 1 aliphatic rings. The van der Waals surface area contributed by atoms with Crippen LogP contribution in [0.4, 0.5) is 10.1 Å². The van der Waals surface area contributed by atoms with Crippen molar-refractivity contribution in [2.45, 2.75) is 6.42 Å². The van der Waals surface area contributed by atoms with Crippen molar-refractivity contribution >= 4 is 34.8 Å². The van der Waals surface area contributed by atoms with Gasteiger partial charge in [0.2, 0.25) is 5.91 Å². The molecule has 1 heterocycles. The third kappa shape index (κ3) is 3.03. The highest BCUT2D eigenvalue weighted by atomic mass is 35.5. The molecule has 3 rings (SSSR count). The fourth-order valence-corrected chi connectivity index (χ4v) is 2.74. The van der Waals surface area contributed by atoms with E-state index in [9.17, 15) is 9.18 Å². The number of hydrogen-bond donors (Lipinski definition) is 1. The standard InChI is InChI=1S/C16H12Cl2FNO2/c17-11-4-5-14-9(7-11)6-10(8-22-14)16(21)20-13-3-1-2-12(18)15(13)19/h1-5,7,10H,6,8H2,(H,20,21)/t10-/m0/s1. The monoisotopic (exact) mass is 339 g/mol. The largest absolute Gasteiger partial charge is 0.492 e. The SMILES string of the molecule is O=C(Nc1cccc(Cl)c1F)[C@@H]1COc2ccc(Cl)cc2C1. The lowest BCUT2D eigenvalue weighted by Gasteiger charge is -2.24. The highest BCUT2D eigenvalue weighted by molar-refractivity contribution is 6.31. The van der Waals surface area contributed by atoms with Gasteiger partial charge < -0.3 is 10.1 Å². The Bertz CT molecular complexity index is 736. The third-order valence-corrected chi connectivity index (χ3v) is 4.04. The average molecular weight is 340 g/mol. The van der Waals surface area contributed by atoms with Crippen molar-refractivity contribution in [1.82, 2.24) is 0 Å². The molecule has 6 heteroatoms. The topological polar surface area (TPSA) is 38.3 Å². The number of nitrogens with one attached hydrogen (secondary N) is 1. The lowest BCUT2D eigenvalue weighted by Crippen LogP contribution is -2.32. The van der Waals surface area contributed by atoms with Crippen LogP contribution in [0, 0.1) is 11.7 Å². The van der Waals surface area contributed by atoms with Crippen molar-refractivity contribution in [3.05, 3.63) is 57.8 Å². The van der Waals surface area contributed by atoms with Gasteiger partial charge in [-0.3, -0.25) is 4.79 Å². The molecular weight excluding hydrogens is 328 g/mol. The van der Waals surface area contributed by atoms with Crippen LogP contribution in [0.15, 0.2) is 36.4 Å². The van der Waals surface area contributed by atoms with Gasteiger partial charge in [-0.2, -0.15) is 0 Å². The van der Waals surface area contributed by atoms with Crippen LogP contribution >= 0.6 is 23.2 Å². The highest BCUT2D eigenvalue weighted by Gasteiger charge is 2.27. The zero-order valence-electron chi connectivity index (χ0n) is 11.4. The minimum absolute atomic E-state index is 0.0326. The van der Waals surface area contributed by atoms with Gasteiger partial charge in [0.15, 0.2) is 5.82 Å². The van der Waals surface area contributed by atoms with Gasteiger partial charge in [0.05, 0.1) is 16.6 Å². The molecule has 1 atom stereocenters. The Hall–Kier alpha value is -1.78. The number of amides is 1. The van der Waals surface area contributed by atoms with E-state index >= 15 is 0 Å². The molecule has 0 unspecified atom stereocenters. The Morgan fingerprint density at radius 2 is 2.09 bits per heavy atom. The second-order valence-corrected chi connectivity index (χ2v) is 5.90. The van der Waals surface area contributed by atoms with E-state index in [1.807, 2.05) is 0 Å².